The Balaban J connectivity index is 3.33. The number of esters is 2. The third-order valence-corrected chi connectivity index (χ3v) is 2.35. The average Bonchev–Trinajstić information content (AvgIpc) is 2.30. The van der Waals surface area contributed by atoms with Crippen LogP contribution in [0, 0.1) is 0 Å². The van der Waals surface area contributed by atoms with Gasteiger partial charge in [-0.25, -0.2) is 9.59 Å². The van der Waals surface area contributed by atoms with Crippen molar-refractivity contribution in [1.29, 1.82) is 0 Å². The summed E-state index contributed by atoms with van der Waals surface area (Å²) in [5.74, 6) is -1.27. The van der Waals surface area contributed by atoms with Gasteiger partial charge in [0.15, 0.2) is 0 Å². The normalized spacial score (nSPS) is 9.69. The number of methoxy groups -OCH3 is 2. The van der Waals surface area contributed by atoms with E-state index in [4.69, 9.17) is 17.3 Å². The molecule has 0 unspecified atom stereocenters. The van der Waals surface area contributed by atoms with Crippen molar-refractivity contribution in [2.45, 2.75) is 0 Å². The van der Waals surface area contributed by atoms with E-state index >= 15 is 0 Å². The van der Waals surface area contributed by atoms with Gasteiger partial charge in [-0.3, -0.25) is 0 Å². The standard InChI is InChI=1S/C10H10ClNO4/c1-15-9(13)5-3-6(10(14)16-2)8(11)7(12)4-5/h3-4H,12H2,1-2H3. The molecule has 0 saturated heterocycles. The molecule has 2 N–H and O–H groups in total. The summed E-state index contributed by atoms with van der Waals surface area (Å²) in [5, 5.41) is 0.0551. The lowest BCUT2D eigenvalue weighted by Gasteiger charge is -2.07. The number of benzene rings is 1. The van der Waals surface area contributed by atoms with Crippen molar-refractivity contribution in [1.82, 2.24) is 0 Å². The first-order valence-corrected chi connectivity index (χ1v) is 4.64. The maximum atomic E-state index is 11.3. The van der Waals surface area contributed by atoms with Crippen LogP contribution >= 0.6 is 11.6 Å². The Morgan fingerprint density at radius 2 is 1.75 bits per heavy atom. The monoisotopic (exact) mass is 243 g/mol. The third-order valence-electron chi connectivity index (χ3n) is 1.93. The number of hydrogen-bond donors (Lipinski definition) is 1. The molecule has 0 aliphatic heterocycles. The van der Waals surface area contributed by atoms with E-state index in [2.05, 4.69) is 9.47 Å². The van der Waals surface area contributed by atoms with Crippen LogP contribution in [0.3, 0.4) is 0 Å². The van der Waals surface area contributed by atoms with Crippen LogP contribution in [0.2, 0.25) is 5.02 Å². The largest absolute Gasteiger partial charge is 0.465 e. The second-order valence-electron chi connectivity index (χ2n) is 2.91. The summed E-state index contributed by atoms with van der Waals surface area (Å²) in [6.45, 7) is 0. The van der Waals surface area contributed by atoms with Crippen LogP contribution in [0.25, 0.3) is 0 Å². The second kappa shape index (κ2) is 4.85. The van der Waals surface area contributed by atoms with E-state index in [1.54, 1.807) is 0 Å². The van der Waals surface area contributed by atoms with Gasteiger partial charge in [0.05, 0.1) is 36.1 Å². The molecule has 0 fully saturated rings. The molecule has 1 aromatic rings. The van der Waals surface area contributed by atoms with Gasteiger partial charge in [0.2, 0.25) is 0 Å². The number of carbonyl (C=O) groups is 2. The van der Waals surface area contributed by atoms with Crippen molar-refractivity contribution in [2.75, 3.05) is 20.0 Å². The number of anilines is 1. The summed E-state index contributed by atoms with van der Waals surface area (Å²) in [6.07, 6.45) is 0. The number of nitrogens with two attached hydrogens (primary N) is 1. The summed E-state index contributed by atoms with van der Waals surface area (Å²) in [6, 6.07) is 2.61. The molecule has 1 aromatic carbocycles. The van der Waals surface area contributed by atoms with Crippen molar-refractivity contribution in [2.24, 2.45) is 0 Å². The molecule has 0 aromatic heterocycles. The van der Waals surface area contributed by atoms with E-state index in [-0.39, 0.29) is 21.8 Å². The van der Waals surface area contributed by atoms with Gasteiger partial charge in [-0.15, -0.1) is 0 Å². The van der Waals surface area contributed by atoms with Gasteiger partial charge in [0.25, 0.3) is 0 Å². The van der Waals surface area contributed by atoms with Crippen molar-refractivity contribution in [3.05, 3.63) is 28.3 Å². The van der Waals surface area contributed by atoms with Gasteiger partial charge < -0.3 is 15.2 Å². The lowest BCUT2D eigenvalue weighted by Crippen LogP contribution is -2.09. The summed E-state index contributed by atoms with van der Waals surface area (Å²) in [7, 11) is 2.44. The summed E-state index contributed by atoms with van der Waals surface area (Å²) >= 11 is 5.81. The van der Waals surface area contributed by atoms with E-state index in [1.807, 2.05) is 0 Å². The minimum atomic E-state index is -0.664. The second-order valence-corrected chi connectivity index (χ2v) is 3.29. The predicted octanol–water partition coefficient (Wildman–Crippen LogP) is 1.50. The first-order valence-electron chi connectivity index (χ1n) is 4.27. The molecular formula is C10H10ClNO4. The molecule has 0 aliphatic carbocycles. The molecule has 0 spiro atoms. The Hall–Kier alpha value is -1.75. The first-order chi connectivity index (χ1) is 7.51. The summed E-state index contributed by atoms with van der Waals surface area (Å²) < 4.78 is 9.02. The van der Waals surface area contributed by atoms with E-state index in [0.717, 1.165) is 0 Å². The molecule has 6 heteroatoms. The fourth-order valence-corrected chi connectivity index (χ4v) is 1.33. The molecule has 86 valence electrons. The van der Waals surface area contributed by atoms with Crippen molar-refractivity contribution < 1.29 is 19.1 Å². The molecule has 0 radical (unpaired) electrons. The smallest absolute Gasteiger partial charge is 0.339 e. The predicted molar refractivity (Wildman–Crippen MR) is 58.5 cm³/mol. The number of carbonyl (C=O) groups excluding carboxylic acids is 2. The molecule has 0 heterocycles. The van der Waals surface area contributed by atoms with Crippen LogP contribution in [0.5, 0.6) is 0 Å². The Labute approximate surface area is 97.1 Å². The molecule has 0 bridgehead atoms. The number of rotatable bonds is 2. The average molecular weight is 244 g/mol. The van der Waals surface area contributed by atoms with E-state index in [1.165, 1.54) is 26.4 Å². The lowest BCUT2D eigenvalue weighted by atomic mass is 10.1. The first kappa shape index (κ1) is 12.3. The molecule has 16 heavy (non-hydrogen) atoms. The van der Waals surface area contributed by atoms with Gasteiger partial charge in [-0.2, -0.15) is 0 Å². The maximum absolute atomic E-state index is 11.3. The third kappa shape index (κ3) is 2.25. The van der Waals surface area contributed by atoms with Crippen LogP contribution in [-0.4, -0.2) is 26.2 Å². The zero-order valence-electron chi connectivity index (χ0n) is 8.74. The van der Waals surface area contributed by atoms with Crippen LogP contribution in [-0.2, 0) is 9.47 Å². The molecule has 1 rings (SSSR count). The quantitative estimate of drug-likeness (QED) is 0.629. The van der Waals surface area contributed by atoms with Crippen molar-refractivity contribution in [3.63, 3.8) is 0 Å². The topological polar surface area (TPSA) is 78.6 Å². The number of ether oxygens (including phenoxy) is 2. The molecule has 0 amide bonds. The highest BCUT2D eigenvalue weighted by atomic mass is 35.5. The summed E-state index contributed by atoms with van der Waals surface area (Å²) in [5.41, 5.74) is 5.85. The zero-order valence-corrected chi connectivity index (χ0v) is 9.50. The van der Waals surface area contributed by atoms with Crippen LogP contribution in [0.4, 0.5) is 5.69 Å². The molecule has 0 saturated carbocycles. The van der Waals surface area contributed by atoms with E-state index in [0.29, 0.717) is 0 Å². The van der Waals surface area contributed by atoms with Crippen molar-refractivity contribution in [3.8, 4) is 0 Å². The number of hydrogen-bond acceptors (Lipinski definition) is 5. The summed E-state index contributed by atoms with van der Waals surface area (Å²) in [4.78, 5) is 22.6. The maximum Gasteiger partial charge on any atom is 0.339 e. The highest BCUT2D eigenvalue weighted by Gasteiger charge is 2.17. The SMILES string of the molecule is COC(=O)c1cc(N)c(Cl)c(C(=O)OC)c1. The Kier molecular flexibility index (Phi) is 3.73. The number of halogens is 1. The number of nitrogen functional groups attached to an aromatic ring is 1. The molecule has 5 nitrogen and oxygen atoms in total. The fourth-order valence-electron chi connectivity index (χ4n) is 1.14. The Bertz CT molecular complexity index is 445. The fraction of sp³-hybridized carbons (Fsp3) is 0.200. The van der Waals surface area contributed by atoms with Gasteiger partial charge in [0.1, 0.15) is 0 Å². The van der Waals surface area contributed by atoms with Crippen LogP contribution < -0.4 is 5.73 Å². The van der Waals surface area contributed by atoms with Gasteiger partial charge in [-0.1, -0.05) is 11.6 Å². The van der Waals surface area contributed by atoms with Crippen LogP contribution in [0.1, 0.15) is 20.7 Å². The van der Waals surface area contributed by atoms with E-state index < -0.39 is 11.9 Å². The van der Waals surface area contributed by atoms with Gasteiger partial charge >= 0.3 is 11.9 Å². The van der Waals surface area contributed by atoms with Gasteiger partial charge in [-0.05, 0) is 12.1 Å². The molecule has 0 atom stereocenters. The van der Waals surface area contributed by atoms with Gasteiger partial charge in [0, 0.05) is 0 Å². The lowest BCUT2D eigenvalue weighted by molar-refractivity contribution is 0.0599. The highest BCUT2D eigenvalue weighted by Crippen LogP contribution is 2.26. The molecular weight excluding hydrogens is 234 g/mol. The minimum absolute atomic E-state index is 0.0320. The molecule has 0 aliphatic rings. The Morgan fingerprint density at radius 3 is 2.25 bits per heavy atom. The highest BCUT2D eigenvalue weighted by molar-refractivity contribution is 6.36. The zero-order chi connectivity index (χ0) is 12.3. The van der Waals surface area contributed by atoms with E-state index in [9.17, 15) is 9.59 Å². The minimum Gasteiger partial charge on any atom is -0.465 e. The van der Waals surface area contributed by atoms with Crippen LogP contribution in [0.15, 0.2) is 12.1 Å². The Morgan fingerprint density at radius 1 is 1.19 bits per heavy atom. The van der Waals surface area contributed by atoms with Crippen molar-refractivity contribution >= 4 is 29.2 Å².